The summed E-state index contributed by atoms with van der Waals surface area (Å²) in [7, 11) is 2.21. The maximum Gasteiger partial charge on any atom is 0.0207 e. The second-order valence-corrected chi connectivity index (χ2v) is 4.71. The zero-order valence-corrected chi connectivity index (χ0v) is 9.26. The van der Waals surface area contributed by atoms with Gasteiger partial charge in [-0.1, -0.05) is 11.6 Å². The van der Waals surface area contributed by atoms with Gasteiger partial charge in [-0.15, -0.1) is 0 Å². The highest BCUT2D eigenvalue weighted by Gasteiger charge is 2.18. The van der Waals surface area contributed by atoms with Crippen LogP contribution in [-0.2, 0) is 0 Å². The van der Waals surface area contributed by atoms with Crippen molar-refractivity contribution in [2.75, 3.05) is 26.7 Å². The van der Waals surface area contributed by atoms with Gasteiger partial charge in [0.15, 0.2) is 0 Å². The number of nitrogens with one attached hydrogen (secondary N) is 1. The summed E-state index contributed by atoms with van der Waals surface area (Å²) < 4.78 is 0. The summed E-state index contributed by atoms with van der Waals surface area (Å²) in [5.41, 5.74) is 1.68. The van der Waals surface area contributed by atoms with Crippen LogP contribution in [0.2, 0.25) is 0 Å². The van der Waals surface area contributed by atoms with Gasteiger partial charge in [0, 0.05) is 12.6 Å². The fourth-order valence-electron chi connectivity index (χ4n) is 2.50. The molecule has 2 aliphatic rings. The van der Waals surface area contributed by atoms with Crippen LogP contribution in [0.15, 0.2) is 11.6 Å². The van der Waals surface area contributed by atoms with Gasteiger partial charge in [0.05, 0.1) is 0 Å². The lowest BCUT2D eigenvalue weighted by Gasteiger charge is -2.12. The van der Waals surface area contributed by atoms with Gasteiger partial charge in [-0.05, 0) is 52.2 Å². The molecular weight excluding hydrogens is 172 g/mol. The average molecular weight is 194 g/mol. The first-order chi connectivity index (χ1) is 6.84. The molecule has 2 rings (SSSR count). The fraction of sp³-hybridized carbons (Fsp3) is 0.833. The van der Waals surface area contributed by atoms with E-state index < -0.39 is 0 Å². The highest BCUT2D eigenvalue weighted by molar-refractivity contribution is 5.07. The lowest BCUT2D eigenvalue weighted by molar-refractivity contribution is 0.398. The average Bonchev–Trinajstić information content (AvgIpc) is 2.77. The summed E-state index contributed by atoms with van der Waals surface area (Å²) in [5.74, 6) is 0. The second kappa shape index (κ2) is 4.94. The maximum absolute atomic E-state index is 3.66. The predicted octanol–water partition coefficient (Wildman–Crippen LogP) is 1.78. The Kier molecular flexibility index (Phi) is 3.60. The van der Waals surface area contributed by atoms with E-state index in [0.717, 1.165) is 6.04 Å². The summed E-state index contributed by atoms with van der Waals surface area (Å²) in [4.78, 5) is 2.41. The Morgan fingerprint density at radius 2 is 2.50 bits per heavy atom. The van der Waals surface area contributed by atoms with E-state index in [9.17, 15) is 0 Å². The van der Waals surface area contributed by atoms with Crippen LogP contribution in [0.5, 0.6) is 0 Å². The number of hydrogen-bond acceptors (Lipinski definition) is 2. The first kappa shape index (κ1) is 10.2. The minimum Gasteiger partial charge on any atom is -0.312 e. The van der Waals surface area contributed by atoms with Gasteiger partial charge in [0.2, 0.25) is 0 Å². The van der Waals surface area contributed by atoms with Crippen LogP contribution in [0, 0.1) is 0 Å². The monoisotopic (exact) mass is 194 g/mol. The zero-order chi connectivity index (χ0) is 9.80. The zero-order valence-electron chi connectivity index (χ0n) is 9.26. The van der Waals surface area contributed by atoms with Crippen molar-refractivity contribution in [1.82, 2.24) is 10.2 Å². The van der Waals surface area contributed by atoms with Crippen LogP contribution < -0.4 is 5.32 Å². The first-order valence-electron chi connectivity index (χ1n) is 5.94. The summed E-state index contributed by atoms with van der Waals surface area (Å²) in [6, 6.07) is 0.752. The van der Waals surface area contributed by atoms with E-state index in [1.165, 1.54) is 51.7 Å². The summed E-state index contributed by atoms with van der Waals surface area (Å²) in [6.45, 7) is 3.68. The Balaban J connectivity index is 1.58. The molecule has 0 aromatic carbocycles. The van der Waals surface area contributed by atoms with Crippen molar-refractivity contribution in [3.8, 4) is 0 Å². The molecule has 2 heteroatoms. The number of allylic oxidation sites excluding steroid dienone is 1. The molecule has 0 aromatic rings. The maximum atomic E-state index is 3.66. The highest BCUT2D eigenvalue weighted by atomic mass is 15.2. The van der Waals surface area contributed by atoms with Gasteiger partial charge in [-0.25, -0.2) is 0 Å². The van der Waals surface area contributed by atoms with Crippen LogP contribution in [-0.4, -0.2) is 37.6 Å². The van der Waals surface area contributed by atoms with Crippen molar-refractivity contribution in [3.63, 3.8) is 0 Å². The Bertz CT molecular complexity index is 210. The lowest BCUT2D eigenvalue weighted by Crippen LogP contribution is -2.32. The second-order valence-electron chi connectivity index (χ2n) is 4.71. The minimum atomic E-state index is 0.752. The highest BCUT2D eigenvalue weighted by Crippen LogP contribution is 2.20. The van der Waals surface area contributed by atoms with Gasteiger partial charge < -0.3 is 10.2 Å². The molecular formula is C12H22N2. The number of nitrogens with zero attached hydrogens (tertiary/aromatic N) is 1. The predicted molar refractivity (Wildman–Crippen MR) is 60.5 cm³/mol. The van der Waals surface area contributed by atoms with E-state index in [1.807, 2.05) is 0 Å². The Morgan fingerprint density at radius 1 is 1.57 bits per heavy atom. The molecule has 1 saturated heterocycles. The molecule has 1 fully saturated rings. The van der Waals surface area contributed by atoms with Crippen molar-refractivity contribution in [2.24, 2.45) is 0 Å². The van der Waals surface area contributed by atoms with E-state index in [1.54, 1.807) is 5.57 Å². The Labute approximate surface area is 87.4 Å². The number of likely N-dealkylation sites (tertiary alicyclic amines) is 1. The van der Waals surface area contributed by atoms with Crippen LogP contribution >= 0.6 is 0 Å². The largest absolute Gasteiger partial charge is 0.312 e. The molecule has 1 N–H and O–H groups in total. The first-order valence-corrected chi connectivity index (χ1v) is 5.94. The SMILES string of the molecule is CN1CCC(NCCC2=CCCC2)C1. The minimum absolute atomic E-state index is 0.752. The van der Waals surface area contributed by atoms with Gasteiger partial charge in [0.1, 0.15) is 0 Å². The molecule has 0 bridgehead atoms. The molecule has 0 aromatic heterocycles. The third-order valence-electron chi connectivity index (χ3n) is 3.41. The molecule has 2 nitrogen and oxygen atoms in total. The summed E-state index contributed by atoms with van der Waals surface area (Å²) in [5, 5.41) is 3.66. The molecule has 1 atom stereocenters. The van der Waals surface area contributed by atoms with Crippen molar-refractivity contribution in [2.45, 2.75) is 38.1 Å². The third kappa shape index (κ3) is 2.82. The molecule has 0 spiro atoms. The number of rotatable bonds is 4. The molecule has 1 heterocycles. The molecule has 14 heavy (non-hydrogen) atoms. The van der Waals surface area contributed by atoms with Gasteiger partial charge >= 0.3 is 0 Å². The molecule has 0 amide bonds. The third-order valence-corrected chi connectivity index (χ3v) is 3.41. The van der Waals surface area contributed by atoms with E-state index in [-0.39, 0.29) is 0 Å². The van der Waals surface area contributed by atoms with Crippen molar-refractivity contribution in [3.05, 3.63) is 11.6 Å². The summed E-state index contributed by atoms with van der Waals surface area (Å²) in [6.07, 6.45) is 9.10. The van der Waals surface area contributed by atoms with Crippen molar-refractivity contribution in [1.29, 1.82) is 0 Å². The molecule has 1 aliphatic carbocycles. The fourth-order valence-corrected chi connectivity index (χ4v) is 2.50. The lowest BCUT2D eigenvalue weighted by atomic mass is 10.1. The standard InChI is InChI=1S/C12H22N2/c1-14-9-7-12(10-14)13-8-6-11-4-2-3-5-11/h4,12-13H,2-3,5-10H2,1H3. The molecule has 1 unspecified atom stereocenters. The van der Waals surface area contributed by atoms with E-state index in [4.69, 9.17) is 0 Å². The topological polar surface area (TPSA) is 15.3 Å². The van der Waals surface area contributed by atoms with E-state index in [2.05, 4.69) is 23.3 Å². The van der Waals surface area contributed by atoms with E-state index in [0.29, 0.717) is 0 Å². The normalized spacial score (nSPS) is 28.4. The Morgan fingerprint density at radius 3 is 3.14 bits per heavy atom. The van der Waals surface area contributed by atoms with Gasteiger partial charge in [-0.2, -0.15) is 0 Å². The van der Waals surface area contributed by atoms with Crippen LogP contribution in [0.25, 0.3) is 0 Å². The van der Waals surface area contributed by atoms with Crippen LogP contribution in [0.4, 0.5) is 0 Å². The van der Waals surface area contributed by atoms with Crippen LogP contribution in [0.1, 0.15) is 32.1 Å². The number of hydrogen-bond donors (Lipinski definition) is 1. The number of likely N-dealkylation sites (N-methyl/N-ethyl adjacent to an activating group) is 1. The molecule has 80 valence electrons. The van der Waals surface area contributed by atoms with Crippen LogP contribution in [0.3, 0.4) is 0 Å². The van der Waals surface area contributed by atoms with Gasteiger partial charge in [0.25, 0.3) is 0 Å². The van der Waals surface area contributed by atoms with Gasteiger partial charge in [-0.3, -0.25) is 0 Å². The summed E-state index contributed by atoms with van der Waals surface area (Å²) >= 11 is 0. The molecule has 0 radical (unpaired) electrons. The smallest absolute Gasteiger partial charge is 0.0207 e. The molecule has 1 aliphatic heterocycles. The van der Waals surface area contributed by atoms with Crippen molar-refractivity contribution >= 4 is 0 Å². The Hall–Kier alpha value is -0.340. The van der Waals surface area contributed by atoms with E-state index >= 15 is 0 Å². The molecule has 0 saturated carbocycles. The van der Waals surface area contributed by atoms with Crippen molar-refractivity contribution < 1.29 is 0 Å². The quantitative estimate of drug-likeness (QED) is 0.686.